The summed E-state index contributed by atoms with van der Waals surface area (Å²) in [6.45, 7) is 0. The Morgan fingerprint density at radius 1 is 1.33 bits per heavy atom. The smallest absolute Gasteiger partial charge is 0.224 e. The second kappa shape index (κ2) is 4.96. The Hall–Kier alpha value is -1.59. The van der Waals surface area contributed by atoms with Crippen LogP contribution >= 0.6 is 23.2 Å². The Labute approximate surface area is 113 Å². The predicted molar refractivity (Wildman–Crippen MR) is 70.9 cm³/mol. The molecule has 1 aromatic heterocycles. The molecule has 0 aliphatic carbocycles. The molecule has 0 aliphatic rings. The van der Waals surface area contributed by atoms with Gasteiger partial charge in [-0.15, -0.1) is 0 Å². The maximum Gasteiger partial charge on any atom is 0.224 e. The van der Waals surface area contributed by atoms with Crippen molar-refractivity contribution < 1.29 is 4.39 Å². The van der Waals surface area contributed by atoms with Crippen LogP contribution < -0.4 is 10.6 Å². The molecule has 2 aromatic rings. The van der Waals surface area contributed by atoms with Gasteiger partial charge < -0.3 is 10.6 Å². The zero-order valence-corrected chi connectivity index (χ0v) is 10.9. The van der Waals surface area contributed by atoms with E-state index in [-0.39, 0.29) is 11.1 Å². The van der Waals surface area contributed by atoms with E-state index in [0.717, 1.165) is 6.20 Å². The van der Waals surface area contributed by atoms with Gasteiger partial charge in [-0.1, -0.05) is 11.6 Å². The van der Waals surface area contributed by atoms with Crippen molar-refractivity contribution in [2.45, 2.75) is 0 Å². The van der Waals surface area contributed by atoms with Crippen molar-refractivity contribution in [3.8, 4) is 0 Å². The molecule has 94 valence electrons. The Morgan fingerprint density at radius 3 is 2.72 bits per heavy atom. The van der Waals surface area contributed by atoms with E-state index in [2.05, 4.69) is 9.97 Å². The zero-order valence-electron chi connectivity index (χ0n) is 9.36. The molecule has 2 rings (SSSR count). The van der Waals surface area contributed by atoms with Gasteiger partial charge in [0.05, 0.1) is 16.9 Å². The Kier molecular flexibility index (Phi) is 3.54. The standard InChI is InChI=1S/C11H9Cl2FN4/c1-18(6-2-3-9(15)7(12)4-6)10-8(14)5-16-11(13)17-10/h2-5H,15H2,1H3. The van der Waals surface area contributed by atoms with Gasteiger partial charge in [0.2, 0.25) is 5.28 Å². The number of nitrogens with two attached hydrogens (primary N) is 1. The van der Waals surface area contributed by atoms with Crippen molar-refractivity contribution in [1.29, 1.82) is 0 Å². The number of nitrogen functional groups attached to an aromatic ring is 1. The summed E-state index contributed by atoms with van der Waals surface area (Å²) in [4.78, 5) is 8.89. The summed E-state index contributed by atoms with van der Waals surface area (Å²) in [5, 5.41) is 0.361. The van der Waals surface area contributed by atoms with Crippen LogP contribution in [0.3, 0.4) is 0 Å². The average Bonchev–Trinajstić information content (AvgIpc) is 2.35. The molecule has 0 amide bonds. The van der Waals surface area contributed by atoms with Gasteiger partial charge in [-0.3, -0.25) is 0 Å². The van der Waals surface area contributed by atoms with Gasteiger partial charge in [0, 0.05) is 12.7 Å². The van der Waals surface area contributed by atoms with Gasteiger partial charge in [-0.2, -0.15) is 4.98 Å². The van der Waals surface area contributed by atoms with Gasteiger partial charge in [0.1, 0.15) is 0 Å². The summed E-state index contributed by atoms with van der Waals surface area (Å²) in [5.41, 5.74) is 6.71. The van der Waals surface area contributed by atoms with Crippen LogP contribution in [-0.4, -0.2) is 17.0 Å². The maximum absolute atomic E-state index is 13.6. The van der Waals surface area contributed by atoms with Crippen LogP contribution in [0.5, 0.6) is 0 Å². The molecule has 0 saturated heterocycles. The number of hydrogen-bond donors (Lipinski definition) is 1. The molecule has 4 nitrogen and oxygen atoms in total. The molecule has 0 spiro atoms. The fraction of sp³-hybridized carbons (Fsp3) is 0.0909. The lowest BCUT2D eigenvalue weighted by Crippen LogP contribution is -2.13. The van der Waals surface area contributed by atoms with E-state index in [1.54, 1.807) is 25.2 Å². The van der Waals surface area contributed by atoms with Crippen LogP contribution in [0.1, 0.15) is 0 Å². The highest BCUT2D eigenvalue weighted by molar-refractivity contribution is 6.33. The van der Waals surface area contributed by atoms with E-state index in [4.69, 9.17) is 28.9 Å². The van der Waals surface area contributed by atoms with E-state index in [1.165, 1.54) is 4.90 Å². The molecular formula is C11H9Cl2FN4. The Bertz CT molecular complexity index is 591. The van der Waals surface area contributed by atoms with Crippen molar-refractivity contribution >= 4 is 40.4 Å². The molecule has 0 fully saturated rings. The highest BCUT2D eigenvalue weighted by Gasteiger charge is 2.13. The van der Waals surface area contributed by atoms with Gasteiger partial charge in [0.15, 0.2) is 11.6 Å². The molecular weight excluding hydrogens is 278 g/mol. The third kappa shape index (κ3) is 2.47. The molecule has 0 radical (unpaired) electrons. The van der Waals surface area contributed by atoms with E-state index >= 15 is 0 Å². The van der Waals surface area contributed by atoms with Crippen LogP contribution in [0.4, 0.5) is 21.6 Å². The Balaban J connectivity index is 2.44. The molecule has 0 atom stereocenters. The van der Waals surface area contributed by atoms with Crippen LogP contribution in [0.25, 0.3) is 0 Å². The molecule has 0 saturated carbocycles. The third-order valence-corrected chi connectivity index (χ3v) is 2.89. The largest absolute Gasteiger partial charge is 0.398 e. The van der Waals surface area contributed by atoms with Crippen molar-refractivity contribution in [3.63, 3.8) is 0 Å². The topological polar surface area (TPSA) is 55.0 Å². The highest BCUT2D eigenvalue weighted by atomic mass is 35.5. The summed E-state index contributed by atoms with van der Waals surface area (Å²) in [6.07, 6.45) is 1.01. The predicted octanol–water partition coefficient (Wildman–Crippen LogP) is 3.27. The minimum absolute atomic E-state index is 0.0280. The number of aromatic nitrogens is 2. The summed E-state index contributed by atoms with van der Waals surface area (Å²) in [5.74, 6) is -0.509. The second-order valence-corrected chi connectivity index (χ2v) is 4.32. The highest BCUT2D eigenvalue weighted by Crippen LogP contribution is 2.29. The van der Waals surface area contributed by atoms with Crippen LogP contribution in [0.2, 0.25) is 10.3 Å². The number of nitrogens with zero attached hydrogens (tertiary/aromatic N) is 3. The van der Waals surface area contributed by atoms with E-state index in [0.29, 0.717) is 16.4 Å². The van der Waals surface area contributed by atoms with Crippen LogP contribution in [0, 0.1) is 5.82 Å². The first kappa shape index (κ1) is 12.9. The third-order valence-electron chi connectivity index (χ3n) is 2.39. The van der Waals surface area contributed by atoms with Gasteiger partial charge in [-0.25, -0.2) is 9.37 Å². The minimum Gasteiger partial charge on any atom is -0.398 e. The average molecular weight is 287 g/mol. The zero-order chi connectivity index (χ0) is 13.3. The number of hydrogen-bond acceptors (Lipinski definition) is 4. The van der Waals surface area contributed by atoms with Gasteiger partial charge in [0.25, 0.3) is 0 Å². The van der Waals surface area contributed by atoms with Gasteiger partial charge in [-0.05, 0) is 29.8 Å². The van der Waals surface area contributed by atoms with E-state index in [9.17, 15) is 4.39 Å². The van der Waals surface area contributed by atoms with Crippen LogP contribution in [0.15, 0.2) is 24.4 Å². The summed E-state index contributed by atoms with van der Waals surface area (Å²) < 4.78 is 13.6. The minimum atomic E-state index is -0.574. The molecule has 0 bridgehead atoms. The van der Waals surface area contributed by atoms with E-state index in [1.807, 2.05) is 0 Å². The quantitative estimate of drug-likeness (QED) is 0.680. The summed E-state index contributed by atoms with van der Waals surface area (Å²) >= 11 is 11.6. The number of halogens is 3. The van der Waals surface area contributed by atoms with Crippen molar-refractivity contribution in [1.82, 2.24) is 9.97 Å². The number of anilines is 3. The summed E-state index contributed by atoms with van der Waals surface area (Å²) in [6, 6.07) is 4.96. The molecule has 0 unspecified atom stereocenters. The normalized spacial score (nSPS) is 10.4. The van der Waals surface area contributed by atoms with Crippen LogP contribution in [-0.2, 0) is 0 Å². The monoisotopic (exact) mass is 286 g/mol. The molecule has 1 heterocycles. The van der Waals surface area contributed by atoms with Crippen molar-refractivity contribution in [2.24, 2.45) is 0 Å². The lowest BCUT2D eigenvalue weighted by Gasteiger charge is -2.19. The van der Waals surface area contributed by atoms with E-state index < -0.39 is 5.82 Å². The van der Waals surface area contributed by atoms with Gasteiger partial charge >= 0.3 is 0 Å². The van der Waals surface area contributed by atoms with Crippen molar-refractivity contribution in [2.75, 3.05) is 17.7 Å². The maximum atomic E-state index is 13.6. The Morgan fingerprint density at radius 2 is 2.06 bits per heavy atom. The summed E-state index contributed by atoms with van der Waals surface area (Å²) in [7, 11) is 1.64. The molecule has 0 aliphatic heterocycles. The first-order chi connectivity index (χ1) is 8.49. The van der Waals surface area contributed by atoms with Crippen molar-refractivity contribution in [3.05, 3.63) is 40.5 Å². The molecule has 2 N–H and O–H groups in total. The number of benzene rings is 1. The molecule has 18 heavy (non-hydrogen) atoms. The fourth-order valence-electron chi connectivity index (χ4n) is 1.42. The fourth-order valence-corrected chi connectivity index (χ4v) is 1.72. The lowest BCUT2D eigenvalue weighted by atomic mass is 10.2. The molecule has 1 aromatic carbocycles. The SMILES string of the molecule is CN(c1ccc(N)c(Cl)c1)c1nc(Cl)ncc1F. The second-order valence-electron chi connectivity index (χ2n) is 3.58. The first-order valence-corrected chi connectivity index (χ1v) is 5.71. The first-order valence-electron chi connectivity index (χ1n) is 4.96. The lowest BCUT2D eigenvalue weighted by molar-refractivity contribution is 0.613. The number of rotatable bonds is 2. The molecule has 7 heteroatoms.